The van der Waals surface area contributed by atoms with Gasteiger partial charge in [0.25, 0.3) is 5.91 Å². The molecule has 0 aliphatic carbocycles. The van der Waals surface area contributed by atoms with E-state index in [4.69, 9.17) is 0 Å². The zero-order valence-corrected chi connectivity index (χ0v) is 14.2. The van der Waals surface area contributed by atoms with Crippen LogP contribution in [0.15, 0.2) is 54.7 Å². The third-order valence-corrected chi connectivity index (χ3v) is 5.08. The molecule has 3 aromatic rings. The first-order valence-electron chi connectivity index (χ1n) is 8.78. The largest absolute Gasteiger partial charge is 0.360 e. The van der Waals surface area contributed by atoms with E-state index in [1.165, 1.54) is 18.2 Å². The number of para-hydroxylation sites is 1. The molecule has 2 heterocycles. The maximum absolute atomic E-state index is 13.3. The summed E-state index contributed by atoms with van der Waals surface area (Å²) in [6, 6.07) is 13.5. The quantitative estimate of drug-likeness (QED) is 0.725. The van der Waals surface area contributed by atoms with Gasteiger partial charge in [-0.1, -0.05) is 24.3 Å². The lowest BCUT2D eigenvalue weighted by Gasteiger charge is -2.31. The predicted octanol–water partition coefficient (Wildman–Crippen LogP) is 4.04. The second kappa shape index (κ2) is 6.75. The fourth-order valence-electron chi connectivity index (χ4n) is 3.64. The highest BCUT2D eigenvalue weighted by Crippen LogP contribution is 2.27. The lowest BCUT2D eigenvalue weighted by atomic mass is 9.88. The van der Waals surface area contributed by atoms with E-state index < -0.39 is 5.82 Å². The average Bonchev–Trinajstić information content (AvgIpc) is 3.11. The molecule has 0 radical (unpaired) electrons. The van der Waals surface area contributed by atoms with Crippen molar-refractivity contribution in [2.75, 3.05) is 13.1 Å². The van der Waals surface area contributed by atoms with Gasteiger partial charge in [-0.2, -0.15) is 0 Å². The zero-order chi connectivity index (χ0) is 18.1. The highest BCUT2D eigenvalue weighted by atomic mass is 19.1. The molecule has 1 saturated heterocycles. The molecule has 1 aliphatic rings. The van der Waals surface area contributed by atoms with Gasteiger partial charge >= 0.3 is 0 Å². The average molecular weight is 350 g/mol. The topological polar surface area (TPSA) is 53.2 Å². The minimum absolute atomic E-state index is 0.0919. The molecule has 0 bridgehead atoms. The number of rotatable bonds is 3. The van der Waals surface area contributed by atoms with Crippen LogP contribution < -0.4 is 0 Å². The van der Waals surface area contributed by atoms with Crippen LogP contribution >= 0.6 is 0 Å². The van der Waals surface area contributed by atoms with Gasteiger partial charge in [0.2, 0.25) is 0 Å². The molecule has 1 amide bonds. The number of H-pyrrole nitrogens is 1. The van der Waals surface area contributed by atoms with Crippen LogP contribution in [-0.2, 0) is 0 Å². The lowest BCUT2D eigenvalue weighted by Crippen LogP contribution is -2.40. The first kappa shape index (κ1) is 16.5. The van der Waals surface area contributed by atoms with Gasteiger partial charge in [0.05, 0.1) is 0 Å². The van der Waals surface area contributed by atoms with Crippen molar-refractivity contribution < 1.29 is 14.0 Å². The summed E-state index contributed by atoms with van der Waals surface area (Å²) in [7, 11) is 0. The Morgan fingerprint density at radius 2 is 1.81 bits per heavy atom. The van der Waals surface area contributed by atoms with Gasteiger partial charge in [0.1, 0.15) is 5.82 Å². The number of carbonyl (C=O) groups is 2. The van der Waals surface area contributed by atoms with Gasteiger partial charge in [-0.3, -0.25) is 9.59 Å². The lowest BCUT2D eigenvalue weighted by molar-refractivity contribution is 0.0650. The molecule has 132 valence electrons. The van der Waals surface area contributed by atoms with Crippen molar-refractivity contribution in [2.24, 2.45) is 5.92 Å². The first-order chi connectivity index (χ1) is 12.6. The number of hydrogen-bond donors (Lipinski definition) is 1. The molecule has 0 unspecified atom stereocenters. The number of benzene rings is 2. The number of carbonyl (C=O) groups excluding carboxylic acids is 2. The van der Waals surface area contributed by atoms with E-state index in [0.29, 0.717) is 31.5 Å². The molecule has 1 aliphatic heterocycles. The van der Waals surface area contributed by atoms with Gasteiger partial charge < -0.3 is 9.88 Å². The number of Topliss-reactive ketones (excluding diaryl/α,β-unsaturated/α-hetero) is 1. The molecule has 0 atom stereocenters. The SMILES string of the molecule is O=C(c1c[nH]c2ccccc12)C1CCN(C(=O)c2cccc(F)c2)CC1. The highest BCUT2D eigenvalue weighted by molar-refractivity contribution is 6.09. The molecule has 26 heavy (non-hydrogen) atoms. The van der Waals surface area contributed by atoms with Crippen LogP contribution in [0.25, 0.3) is 10.9 Å². The Kier molecular flexibility index (Phi) is 4.29. The van der Waals surface area contributed by atoms with E-state index in [1.54, 1.807) is 17.2 Å². The van der Waals surface area contributed by atoms with Gasteiger partial charge in [-0.05, 0) is 37.1 Å². The van der Waals surface area contributed by atoms with E-state index in [1.807, 2.05) is 24.3 Å². The maximum atomic E-state index is 13.3. The minimum atomic E-state index is -0.416. The summed E-state index contributed by atoms with van der Waals surface area (Å²) in [4.78, 5) is 30.2. The molecular weight excluding hydrogens is 331 g/mol. The number of hydrogen-bond acceptors (Lipinski definition) is 2. The van der Waals surface area contributed by atoms with Crippen LogP contribution in [0.4, 0.5) is 4.39 Å². The molecular formula is C21H19FN2O2. The van der Waals surface area contributed by atoms with Crippen LogP contribution in [-0.4, -0.2) is 34.7 Å². The monoisotopic (exact) mass is 350 g/mol. The maximum Gasteiger partial charge on any atom is 0.253 e. The van der Waals surface area contributed by atoms with Gasteiger partial charge in [0.15, 0.2) is 5.78 Å². The van der Waals surface area contributed by atoms with Gasteiger partial charge in [-0.15, -0.1) is 0 Å². The summed E-state index contributed by atoms with van der Waals surface area (Å²) in [5.74, 6) is -0.561. The molecule has 2 aromatic carbocycles. The second-order valence-corrected chi connectivity index (χ2v) is 6.69. The van der Waals surface area contributed by atoms with Crippen molar-refractivity contribution in [1.82, 2.24) is 9.88 Å². The molecule has 4 rings (SSSR count). The van der Waals surface area contributed by atoms with E-state index in [-0.39, 0.29) is 17.6 Å². The van der Waals surface area contributed by atoms with Crippen molar-refractivity contribution in [2.45, 2.75) is 12.8 Å². The van der Waals surface area contributed by atoms with Crippen LogP contribution in [0, 0.1) is 11.7 Å². The van der Waals surface area contributed by atoms with Crippen molar-refractivity contribution in [3.63, 3.8) is 0 Å². The molecule has 1 aromatic heterocycles. The summed E-state index contributed by atoms with van der Waals surface area (Å²) in [5.41, 5.74) is 2.02. The van der Waals surface area contributed by atoms with E-state index in [2.05, 4.69) is 4.98 Å². The molecule has 5 heteroatoms. The Hall–Kier alpha value is -2.95. The number of fused-ring (bicyclic) bond motifs is 1. The van der Waals surface area contributed by atoms with Crippen LogP contribution in [0.2, 0.25) is 0 Å². The van der Waals surface area contributed by atoms with Crippen molar-refractivity contribution in [1.29, 1.82) is 0 Å². The molecule has 1 fully saturated rings. The molecule has 0 saturated carbocycles. The Morgan fingerprint density at radius 3 is 2.58 bits per heavy atom. The van der Waals surface area contributed by atoms with Crippen molar-refractivity contribution >= 4 is 22.6 Å². The van der Waals surface area contributed by atoms with Crippen LogP contribution in [0.3, 0.4) is 0 Å². The normalized spacial score (nSPS) is 15.3. The number of aromatic nitrogens is 1. The second-order valence-electron chi connectivity index (χ2n) is 6.69. The van der Waals surface area contributed by atoms with Crippen LogP contribution in [0.1, 0.15) is 33.6 Å². The smallest absolute Gasteiger partial charge is 0.253 e. The number of amides is 1. The van der Waals surface area contributed by atoms with Crippen LogP contribution in [0.5, 0.6) is 0 Å². The Morgan fingerprint density at radius 1 is 1.04 bits per heavy atom. The fourth-order valence-corrected chi connectivity index (χ4v) is 3.64. The summed E-state index contributed by atoms with van der Waals surface area (Å²) in [6.07, 6.45) is 3.02. The number of halogens is 1. The summed E-state index contributed by atoms with van der Waals surface area (Å²) >= 11 is 0. The minimum Gasteiger partial charge on any atom is -0.360 e. The van der Waals surface area contributed by atoms with Crippen molar-refractivity contribution in [3.05, 3.63) is 71.7 Å². The summed E-state index contributed by atoms with van der Waals surface area (Å²) in [6.45, 7) is 1.02. The van der Waals surface area contributed by atoms with Gasteiger partial charge in [0, 0.05) is 47.2 Å². The Balaban J connectivity index is 1.45. The predicted molar refractivity (Wildman–Crippen MR) is 97.7 cm³/mol. The number of piperidine rings is 1. The fraction of sp³-hybridized carbons (Fsp3) is 0.238. The first-order valence-corrected chi connectivity index (χ1v) is 8.78. The van der Waals surface area contributed by atoms with E-state index in [0.717, 1.165) is 16.5 Å². The third kappa shape index (κ3) is 3.01. The van der Waals surface area contributed by atoms with Gasteiger partial charge in [-0.25, -0.2) is 4.39 Å². The number of likely N-dealkylation sites (tertiary alicyclic amines) is 1. The highest BCUT2D eigenvalue weighted by Gasteiger charge is 2.29. The van der Waals surface area contributed by atoms with E-state index >= 15 is 0 Å². The zero-order valence-electron chi connectivity index (χ0n) is 14.2. The molecule has 1 N–H and O–H groups in total. The number of ketones is 1. The molecule has 4 nitrogen and oxygen atoms in total. The Labute approximate surface area is 150 Å². The Bertz CT molecular complexity index is 971. The third-order valence-electron chi connectivity index (χ3n) is 5.08. The summed E-state index contributed by atoms with van der Waals surface area (Å²) < 4.78 is 13.3. The molecule has 0 spiro atoms. The number of nitrogens with one attached hydrogen (secondary N) is 1. The van der Waals surface area contributed by atoms with Crippen molar-refractivity contribution in [3.8, 4) is 0 Å². The van der Waals surface area contributed by atoms with E-state index in [9.17, 15) is 14.0 Å². The number of nitrogens with zero attached hydrogens (tertiary/aromatic N) is 1. The standard InChI is InChI=1S/C21H19FN2O2/c22-16-5-3-4-15(12-16)21(26)24-10-8-14(9-11-24)20(25)18-13-23-19-7-2-1-6-17(18)19/h1-7,12-14,23H,8-11H2. The number of aromatic amines is 1. The summed E-state index contributed by atoms with van der Waals surface area (Å²) in [5, 5.41) is 0.941.